The molecular weight excluding hydrogens is 271 g/mol. The monoisotopic (exact) mass is 290 g/mol. The molecule has 6 heteroatoms. The zero-order chi connectivity index (χ0) is 14.8. The van der Waals surface area contributed by atoms with E-state index >= 15 is 0 Å². The van der Waals surface area contributed by atoms with Gasteiger partial charge in [0.2, 0.25) is 0 Å². The van der Waals surface area contributed by atoms with E-state index in [2.05, 4.69) is 15.5 Å². The molecule has 1 fully saturated rings. The van der Waals surface area contributed by atoms with Crippen LogP contribution >= 0.6 is 0 Å². The van der Waals surface area contributed by atoms with Crippen molar-refractivity contribution in [1.82, 2.24) is 20.1 Å². The number of hydrogen-bond acceptors (Lipinski definition) is 4. The van der Waals surface area contributed by atoms with Crippen LogP contribution in [-0.2, 0) is 20.2 Å². The van der Waals surface area contributed by atoms with Crippen molar-refractivity contribution >= 4 is 0 Å². The molecule has 0 unspecified atom stereocenters. The fourth-order valence-corrected chi connectivity index (χ4v) is 2.11. The Labute approximate surface area is 123 Å². The van der Waals surface area contributed by atoms with Crippen LogP contribution in [0.5, 0.6) is 5.75 Å². The average molecular weight is 290 g/mol. The van der Waals surface area contributed by atoms with E-state index in [0.29, 0.717) is 24.2 Å². The Morgan fingerprint density at radius 1 is 1.38 bits per heavy atom. The van der Waals surface area contributed by atoms with Crippen LogP contribution in [0.15, 0.2) is 18.2 Å². The molecule has 112 valence electrons. The first-order valence-electron chi connectivity index (χ1n) is 7.13. The summed E-state index contributed by atoms with van der Waals surface area (Å²) in [5.74, 6) is 1.44. The highest BCUT2D eigenvalue weighted by molar-refractivity contribution is 5.35. The van der Waals surface area contributed by atoms with Crippen molar-refractivity contribution < 1.29 is 9.13 Å². The summed E-state index contributed by atoms with van der Waals surface area (Å²) in [7, 11) is 1.87. The van der Waals surface area contributed by atoms with Crippen LogP contribution in [-0.4, -0.2) is 20.8 Å². The van der Waals surface area contributed by atoms with Gasteiger partial charge in [0.1, 0.15) is 12.4 Å². The molecule has 0 spiro atoms. The summed E-state index contributed by atoms with van der Waals surface area (Å²) in [4.78, 5) is 0. The maximum atomic E-state index is 14.0. The van der Waals surface area contributed by atoms with E-state index in [4.69, 9.17) is 4.74 Å². The predicted octanol–water partition coefficient (Wildman–Crippen LogP) is 2.09. The lowest BCUT2D eigenvalue weighted by atomic mass is 10.2. The number of halogens is 1. The Balaban J connectivity index is 1.72. The number of nitrogens with zero attached hydrogens (tertiary/aromatic N) is 3. The highest BCUT2D eigenvalue weighted by Gasteiger charge is 2.21. The van der Waals surface area contributed by atoms with Gasteiger partial charge in [0.15, 0.2) is 17.4 Å². The van der Waals surface area contributed by atoms with Gasteiger partial charge in [-0.1, -0.05) is 12.1 Å². The summed E-state index contributed by atoms with van der Waals surface area (Å²) in [6, 6.07) is 5.58. The van der Waals surface area contributed by atoms with Gasteiger partial charge in [-0.05, 0) is 25.8 Å². The minimum atomic E-state index is -0.344. The Bertz CT molecular complexity index is 637. The summed E-state index contributed by atoms with van der Waals surface area (Å²) in [5, 5.41) is 11.4. The van der Waals surface area contributed by atoms with E-state index in [1.165, 1.54) is 18.9 Å². The third-order valence-electron chi connectivity index (χ3n) is 3.74. The molecular formula is C15H19FN4O. The van der Waals surface area contributed by atoms with Crippen LogP contribution in [0.3, 0.4) is 0 Å². The molecule has 0 bridgehead atoms. The summed E-state index contributed by atoms with van der Waals surface area (Å²) >= 11 is 0. The van der Waals surface area contributed by atoms with Crippen molar-refractivity contribution in [3.8, 4) is 5.75 Å². The van der Waals surface area contributed by atoms with Gasteiger partial charge in [-0.2, -0.15) is 0 Å². The molecule has 1 aromatic carbocycles. The topological polar surface area (TPSA) is 52.0 Å². The number of para-hydroxylation sites is 1. The third kappa shape index (κ3) is 3.21. The quantitative estimate of drug-likeness (QED) is 0.885. The number of nitrogens with one attached hydrogen (secondary N) is 1. The minimum Gasteiger partial charge on any atom is -0.482 e. The standard InChI is InChI=1S/C15H19FN4O/c1-10-18-19-14(20(10)2)9-21-15-11(4-3-5-13(15)16)8-17-12-6-7-12/h3-5,12,17H,6-9H2,1-2H3. The minimum absolute atomic E-state index is 0.203. The van der Waals surface area contributed by atoms with E-state index < -0.39 is 0 Å². The lowest BCUT2D eigenvalue weighted by Crippen LogP contribution is -2.16. The molecule has 1 heterocycles. The molecule has 2 aromatic rings. The van der Waals surface area contributed by atoms with Gasteiger partial charge in [0.05, 0.1) is 0 Å². The summed E-state index contributed by atoms with van der Waals surface area (Å²) in [6.45, 7) is 2.69. The zero-order valence-corrected chi connectivity index (χ0v) is 12.3. The Kier molecular flexibility index (Phi) is 3.88. The second kappa shape index (κ2) is 5.81. The summed E-state index contributed by atoms with van der Waals surface area (Å²) in [5.41, 5.74) is 0.834. The van der Waals surface area contributed by atoms with Crippen LogP contribution in [0, 0.1) is 12.7 Å². The van der Waals surface area contributed by atoms with Crippen molar-refractivity contribution in [3.63, 3.8) is 0 Å². The number of aromatic nitrogens is 3. The zero-order valence-electron chi connectivity index (χ0n) is 12.3. The Morgan fingerprint density at radius 3 is 2.86 bits per heavy atom. The van der Waals surface area contributed by atoms with Gasteiger partial charge in [-0.15, -0.1) is 10.2 Å². The number of ether oxygens (including phenoxy) is 1. The van der Waals surface area contributed by atoms with Crippen molar-refractivity contribution in [2.24, 2.45) is 7.05 Å². The largest absolute Gasteiger partial charge is 0.482 e. The van der Waals surface area contributed by atoms with Crippen molar-refractivity contribution in [2.45, 2.75) is 39.0 Å². The van der Waals surface area contributed by atoms with Gasteiger partial charge >= 0.3 is 0 Å². The number of aryl methyl sites for hydroxylation is 1. The molecule has 0 atom stereocenters. The molecule has 0 amide bonds. The molecule has 0 aliphatic heterocycles. The average Bonchev–Trinajstić information content (AvgIpc) is 3.25. The Hall–Kier alpha value is -1.95. The van der Waals surface area contributed by atoms with Crippen LogP contribution < -0.4 is 10.1 Å². The third-order valence-corrected chi connectivity index (χ3v) is 3.74. The van der Waals surface area contributed by atoms with Gasteiger partial charge in [0, 0.05) is 25.2 Å². The predicted molar refractivity (Wildman–Crippen MR) is 76.3 cm³/mol. The molecule has 1 aromatic heterocycles. The number of rotatable bonds is 6. The van der Waals surface area contributed by atoms with E-state index in [1.54, 1.807) is 6.07 Å². The van der Waals surface area contributed by atoms with Crippen molar-refractivity contribution in [1.29, 1.82) is 0 Å². The lowest BCUT2D eigenvalue weighted by Gasteiger charge is -2.12. The van der Waals surface area contributed by atoms with Gasteiger partial charge in [0.25, 0.3) is 0 Å². The van der Waals surface area contributed by atoms with E-state index in [1.807, 2.05) is 24.6 Å². The van der Waals surface area contributed by atoms with E-state index in [9.17, 15) is 4.39 Å². The van der Waals surface area contributed by atoms with Gasteiger partial charge < -0.3 is 14.6 Å². The van der Waals surface area contributed by atoms with Gasteiger partial charge in [-0.3, -0.25) is 0 Å². The lowest BCUT2D eigenvalue weighted by molar-refractivity contribution is 0.273. The molecule has 0 radical (unpaired) electrons. The van der Waals surface area contributed by atoms with Crippen LogP contribution in [0.4, 0.5) is 4.39 Å². The van der Waals surface area contributed by atoms with Crippen LogP contribution in [0.1, 0.15) is 30.1 Å². The molecule has 0 saturated heterocycles. The first kappa shape index (κ1) is 14.0. The second-order valence-electron chi connectivity index (χ2n) is 5.39. The number of benzene rings is 1. The maximum absolute atomic E-state index is 14.0. The highest BCUT2D eigenvalue weighted by Crippen LogP contribution is 2.25. The van der Waals surface area contributed by atoms with Crippen LogP contribution in [0.2, 0.25) is 0 Å². The molecule has 21 heavy (non-hydrogen) atoms. The fraction of sp³-hybridized carbons (Fsp3) is 0.467. The van der Waals surface area contributed by atoms with Crippen molar-refractivity contribution in [3.05, 3.63) is 41.2 Å². The smallest absolute Gasteiger partial charge is 0.170 e. The van der Waals surface area contributed by atoms with E-state index in [-0.39, 0.29) is 12.4 Å². The normalized spacial score (nSPS) is 14.4. The summed E-state index contributed by atoms with van der Waals surface area (Å²) < 4.78 is 21.5. The molecule has 1 saturated carbocycles. The van der Waals surface area contributed by atoms with Crippen LogP contribution in [0.25, 0.3) is 0 Å². The summed E-state index contributed by atoms with van der Waals surface area (Å²) in [6.07, 6.45) is 2.40. The molecule has 1 aliphatic rings. The van der Waals surface area contributed by atoms with Crippen molar-refractivity contribution in [2.75, 3.05) is 0 Å². The van der Waals surface area contributed by atoms with Gasteiger partial charge in [-0.25, -0.2) is 4.39 Å². The fourth-order valence-electron chi connectivity index (χ4n) is 2.11. The first-order chi connectivity index (χ1) is 10.1. The van der Waals surface area contributed by atoms with E-state index in [0.717, 1.165) is 11.4 Å². The Morgan fingerprint density at radius 2 is 2.19 bits per heavy atom. The SMILES string of the molecule is Cc1nnc(COc2c(F)cccc2CNC2CC2)n1C. The second-order valence-corrected chi connectivity index (χ2v) is 5.39. The first-order valence-corrected chi connectivity index (χ1v) is 7.13. The molecule has 1 N–H and O–H groups in total. The number of hydrogen-bond donors (Lipinski definition) is 1. The molecule has 1 aliphatic carbocycles. The highest BCUT2D eigenvalue weighted by atomic mass is 19.1. The maximum Gasteiger partial charge on any atom is 0.170 e. The molecule has 5 nitrogen and oxygen atoms in total. The molecule has 3 rings (SSSR count).